The molecule has 0 aromatic carbocycles. The topological polar surface area (TPSA) is 80.2 Å². The number of aromatic nitrogens is 1. The van der Waals surface area contributed by atoms with E-state index in [4.69, 9.17) is 0 Å². The number of aryl methyl sites for hydroxylation is 2. The normalized spacial score (nSPS) is 21.5. The van der Waals surface area contributed by atoms with Gasteiger partial charge in [0.2, 0.25) is 0 Å². The summed E-state index contributed by atoms with van der Waals surface area (Å²) in [4.78, 5) is 11.8. The second-order valence-corrected chi connectivity index (χ2v) is 8.40. The van der Waals surface area contributed by atoms with Gasteiger partial charge >= 0.3 is 6.03 Å². The molecule has 0 unspecified atom stereocenters. The second-order valence-electron chi connectivity index (χ2n) is 6.17. The molecule has 2 heterocycles. The molecule has 2 N–H and O–H groups in total. The molecule has 2 rings (SSSR count). The molecule has 0 radical (unpaired) electrons. The zero-order valence-electron chi connectivity index (χ0n) is 13.2. The quantitative estimate of drug-likeness (QED) is 0.820. The fourth-order valence-electron chi connectivity index (χ4n) is 2.74. The third kappa shape index (κ3) is 5.05. The van der Waals surface area contributed by atoms with Crippen LogP contribution in [0.2, 0.25) is 0 Å². The van der Waals surface area contributed by atoms with Crippen LogP contribution in [0, 0.1) is 5.92 Å². The number of nitrogens with zero attached hydrogens (tertiary/aromatic N) is 1. The highest BCUT2D eigenvalue weighted by Crippen LogP contribution is 2.17. The minimum Gasteiger partial charge on any atom is -0.354 e. The number of hydrogen-bond donors (Lipinski definition) is 2. The van der Waals surface area contributed by atoms with Gasteiger partial charge < -0.3 is 15.2 Å². The Bertz CT molecular complexity index is 609. The predicted octanol–water partition coefficient (Wildman–Crippen LogP) is 1.08. The largest absolute Gasteiger partial charge is 0.354 e. The van der Waals surface area contributed by atoms with Gasteiger partial charge in [-0.25, -0.2) is 13.2 Å². The molecular weight excluding hydrogens is 302 g/mol. The van der Waals surface area contributed by atoms with Crippen molar-refractivity contribution >= 4 is 15.9 Å². The number of urea groups is 1. The van der Waals surface area contributed by atoms with E-state index in [1.807, 2.05) is 26.2 Å². The fraction of sp³-hybridized carbons (Fsp3) is 0.667. The van der Waals surface area contributed by atoms with Crippen LogP contribution in [0.3, 0.4) is 0 Å². The SMILES string of the molecule is C[C@@H](CCc1cccn1C)NC(=O)NC[C@@H]1CCS(=O)(=O)C1. The Morgan fingerprint density at radius 1 is 1.50 bits per heavy atom. The summed E-state index contributed by atoms with van der Waals surface area (Å²) in [6.07, 6.45) is 4.43. The number of carbonyl (C=O) groups is 1. The van der Waals surface area contributed by atoms with Crippen LogP contribution in [0.5, 0.6) is 0 Å². The van der Waals surface area contributed by atoms with Crippen molar-refractivity contribution in [2.75, 3.05) is 18.1 Å². The standard InChI is InChI=1S/C15H25N3O3S/c1-12(5-6-14-4-3-8-18(14)2)17-15(19)16-10-13-7-9-22(20,21)11-13/h3-4,8,12-13H,5-7,9-11H2,1-2H3,(H2,16,17,19)/t12-,13-/m0/s1. The van der Waals surface area contributed by atoms with Gasteiger partial charge in [-0.3, -0.25) is 0 Å². The lowest BCUT2D eigenvalue weighted by molar-refractivity contribution is 0.235. The predicted molar refractivity (Wildman–Crippen MR) is 86.5 cm³/mol. The highest BCUT2D eigenvalue weighted by atomic mass is 32.2. The number of hydrogen-bond acceptors (Lipinski definition) is 3. The summed E-state index contributed by atoms with van der Waals surface area (Å²) in [7, 11) is -0.869. The Morgan fingerprint density at radius 2 is 2.27 bits per heavy atom. The summed E-state index contributed by atoms with van der Waals surface area (Å²) in [5.41, 5.74) is 1.24. The first-order valence-corrected chi connectivity index (χ1v) is 9.53. The van der Waals surface area contributed by atoms with Gasteiger partial charge in [0.15, 0.2) is 9.84 Å². The lowest BCUT2D eigenvalue weighted by Crippen LogP contribution is -2.42. The molecule has 7 heteroatoms. The first-order valence-electron chi connectivity index (χ1n) is 7.71. The monoisotopic (exact) mass is 327 g/mol. The van der Waals surface area contributed by atoms with Crippen molar-refractivity contribution in [3.8, 4) is 0 Å². The maximum absolute atomic E-state index is 11.8. The summed E-state index contributed by atoms with van der Waals surface area (Å²) in [6, 6.07) is 3.94. The third-order valence-electron chi connectivity index (χ3n) is 4.14. The van der Waals surface area contributed by atoms with Crippen LogP contribution in [-0.2, 0) is 23.3 Å². The minimum atomic E-state index is -2.88. The highest BCUT2D eigenvalue weighted by molar-refractivity contribution is 7.91. The fourth-order valence-corrected chi connectivity index (χ4v) is 4.60. The minimum absolute atomic E-state index is 0.0504. The van der Waals surface area contributed by atoms with Gasteiger partial charge in [0.25, 0.3) is 0 Å². The first-order chi connectivity index (χ1) is 10.4. The maximum Gasteiger partial charge on any atom is 0.315 e. The number of amides is 2. The van der Waals surface area contributed by atoms with E-state index in [0.717, 1.165) is 12.8 Å². The van der Waals surface area contributed by atoms with Crippen LogP contribution in [0.15, 0.2) is 18.3 Å². The van der Waals surface area contributed by atoms with E-state index in [-0.39, 0.29) is 29.5 Å². The van der Waals surface area contributed by atoms with Crippen molar-refractivity contribution in [1.82, 2.24) is 15.2 Å². The van der Waals surface area contributed by atoms with Gasteiger partial charge in [-0.05, 0) is 44.2 Å². The molecule has 1 aromatic heterocycles. The third-order valence-corrected chi connectivity index (χ3v) is 5.98. The van der Waals surface area contributed by atoms with Gasteiger partial charge in [-0.2, -0.15) is 0 Å². The summed E-state index contributed by atoms with van der Waals surface area (Å²) in [6.45, 7) is 2.40. The molecule has 0 bridgehead atoms. The van der Waals surface area contributed by atoms with E-state index < -0.39 is 9.84 Å². The highest BCUT2D eigenvalue weighted by Gasteiger charge is 2.27. The Labute approximate surface area is 132 Å². The molecule has 1 aromatic rings. The van der Waals surface area contributed by atoms with Gasteiger partial charge in [0.05, 0.1) is 11.5 Å². The van der Waals surface area contributed by atoms with Crippen molar-refractivity contribution in [3.63, 3.8) is 0 Å². The molecule has 1 aliphatic heterocycles. The molecular formula is C15H25N3O3S. The summed E-state index contributed by atoms with van der Waals surface area (Å²) in [5, 5.41) is 5.68. The van der Waals surface area contributed by atoms with Gasteiger partial charge in [-0.15, -0.1) is 0 Å². The molecule has 1 aliphatic rings. The Kier molecular flexibility index (Phi) is 5.50. The Morgan fingerprint density at radius 3 is 2.86 bits per heavy atom. The van der Waals surface area contributed by atoms with Crippen molar-refractivity contribution in [2.24, 2.45) is 13.0 Å². The lowest BCUT2D eigenvalue weighted by Gasteiger charge is -2.16. The van der Waals surface area contributed by atoms with Crippen LogP contribution in [0.4, 0.5) is 4.79 Å². The average Bonchev–Trinajstić information content (AvgIpc) is 3.00. The van der Waals surface area contributed by atoms with Crippen LogP contribution >= 0.6 is 0 Å². The molecule has 2 atom stereocenters. The molecule has 6 nitrogen and oxygen atoms in total. The smallest absolute Gasteiger partial charge is 0.315 e. The first kappa shape index (κ1) is 16.9. The van der Waals surface area contributed by atoms with E-state index in [9.17, 15) is 13.2 Å². The number of carbonyl (C=O) groups excluding carboxylic acids is 1. The van der Waals surface area contributed by atoms with E-state index >= 15 is 0 Å². The van der Waals surface area contributed by atoms with Crippen LogP contribution in [0.25, 0.3) is 0 Å². The number of sulfone groups is 1. The summed E-state index contributed by atoms with van der Waals surface area (Å²) in [5.74, 6) is 0.485. The van der Waals surface area contributed by atoms with Gasteiger partial charge in [0.1, 0.15) is 0 Å². The number of rotatable bonds is 6. The Hall–Kier alpha value is -1.50. The van der Waals surface area contributed by atoms with Crippen molar-refractivity contribution in [1.29, 1.82) is 0 Å². The molecule has 22 heavy (non-hydrogen) atoms. The van der Waals surface area contributed by atoms with E-state index in [1.165, 1.54) is 5.69 Å². The molecule has 124 valence electrons. The average molecular weight is 327 g/mol. The molecule has 0 spiro atoms. The zero-order valence-corrected chi connectivity index (χ0v) is 14.0. The van der Waals surface area contributed by atoms with Crippen molar-refractivity contribution in [3.05, 3.63) is 24.0 Å². The zero-order chi connectivity index (χ0) is 16.2. The van der Waals surface area contributed by atoms with Crippen molar-refractivity contribution in [2.45, 2.75) is 32.2 Å². The van der Waals surface area contributed by atoms with E-state index in [2.05, 4.69) is 21.3 Å². The molecule has 0 aliphatic carbocycles. The van der Waals surface area contributed by atoms with Gasteiger partial charge in [0, 0.05) is 31.5 Å². The van der Waals surface area contributed by atoms with Gasteiger partial charge in [-0.1, -0.05) is 0 Å². The summed E-state index contributed by atoms with van der Waals surface area (Å²) >= 11 is 0. The molecule has 0 saturated carbocycles. The van der Waals surface area contributed by atoms with E-state index in [1.54, 1.807) is 0 Å². The Balaban J connectivity index is 1.65. The van der Waals surface area contributed by atoms with Crippen LogP contribution < -0.4 is 10.6 Å². The molecule has 1 fully saturated rings. The molecule has 2 amide bonds. The van der Waals surface area contributed by atoms with E-state index in [0.29, 0.717) is 13.0 Å². The van der Waals surface area contributed by atoms with Crippen LogP contribution in [-0.4, -0.2) is 43.1 Å². The van der Waals surface area contributed by atoms with Crippen LogP contribution in [0.1, 0.15) is 25.5 Å². The maximum atomic E-state index is 11.8. The molecule has 1 saturated heterocycles. The van der Waals surface area contributed by atoms with Crippen molar-refractivity contribution < 1.29 is 13.2 Å². The lowest BCUT2D eigenvalue weighted by atomic mass is 10.1. The summed E-state index contributed by atoms with van der Waals surface area (Å²) < 4.78 is 24.8. The number of nitrogens with one attached hydrogen (secondary N) is 2. The second kappa shape index (κ2) is 7.17.